The number of amides is 2. The molecule has 1 fully saturated rings. The molecule has 4 aromatic rings. The Balaban J connectivity index is 1.19. The highest BCUT2D eigenvalue weighted by Gasteiger charge is 2.49. The van der Waals surface area contributed by atoms with Crippen LogP contribution in [-0.4, -0.2) is 75.4 Å². The number of aliphatic hydroxyl groups excluding tert-OH is 1. The van der Waals surface area contributed by atoms with E-state index in [0.717, 1.165) is 24.8 Å². The molecule has 0 unspecified atom stereocenters. The van der Waals surface area contributed by atoms with Gasteiger partial charge in [-0.3, -0.25) is 4.79 Å². The Hall–Kier alpha value is -3.91. The number of rotatable bonds is 9. The first-order valence-electron chi connectivity index (χ1n) is 16.3. The smallest absolute Gasteiger partial charge is 0.408 e. The van der Waals surface area contributed by atoms with Crippen molar-refractivity contribution in [2.75, 3.05) is 38.3 Å². The van der Waals surface area contributed by atoms with Gasteiger partial charge in [-0.15, -0.1) is 0 Å². The van der Waals surface area contributed by atoms with Crippen molar-refractivity contribution in [3.63, 3.8) is 0 Å². The van der Waals surface area contributed by atoms with Crippen LogP contribution in [0.3, 0.4) is 0 Å². The van der Waals surface area contributed by atoms with Gasteiger partial charge in [0.25, 0.3) is 5.91 Å². The van der Waals surface area contributed by atoms with E-state index in [-0.39, 0.29) is 29.7 Å². The number of methoxy groups -OCH3 is 1. The number of pyridine rings is 1. The number of benzene rings is 1. The Morgan fingerprint density at radius 2 is 1.90 bits per heavy atom. The molecular weight excluding hydrogens is 666 g/mol. The fourth-order valence-corrected chi connectivity index (χ4v) is 7.89. The Morgan fingerprint density at radius 1 is 1.14 bits per heavy atom. The predicted octanol–water partition coefficient (Wildman–Crippen LogP) is 5.51. The van der Waals surface area contributed by atoms with E-state index >= 15 is 0 Å². The number of halogens is 1. The van der Waals surface area contributed by atoms with Crippen LogP contribution in [0.25, 0.3) is 5.65 Å². The second kappa shape index (κ2) is 14.1. The monoisotopic (exact) mass is 707 g/mol. The van der Waals surface area contributed by atoms with Crippen LogP contribution in [0.15, 0.2) is 52.6 Å². The SMILES string of the molecule is COCCNC(=O)c1cn2ccc(Sc3nc(CO)c(N4CCC5(CC4)Cc4ccccc4[C@H]5NC(=O)OC(C)(C)C)nc3C)c(Cl)c2n1. The number of aromatic nitrogens is 4. The summed E-state index contributed by atoms with van der Waals surface area (Å²) >= 11 is 8.12. The van der Waals surface area contributed by atoms with Crippen LogP contribution in [0, 0.1) is 12.3 Å². The van der Waals surface area contributed by atoms with E-state index in [2.05, 4.69) is 32.7 Å². The Labute approximate surface area is 295 Å². The number of aliphatic hydroxyl groups is 1. The van der Waals surface area contributed by atoms with Crippen LogP contribution in [0.5, 0.6) is 0 Å². The lowest BCUT2D eigenvalue weighted by molar-refractivity contribution is 0.0427. The van der Waals surface area contributed by atoms with Crippen molar-refractivity contribution in [3.8, 4) is 0 Å². The van der Waals surface area contributed by atoms with Gasteiger partial charge < -0.3 is 34.5 Å². The number of carbonyl (C=O) groups excluding carboxylic acids is 2. The second-order valence-corrected chi connectivity index (χ2v) is 15.0. The van der Waals surface area contributed by atoms with Gasteiger partial charge in [-0.05, 0) is 64.2 Å². The molecule has 260 valence electrons. The minimum atomic E-state index is -0.594. The molecule has 2 amide bonds. The molecule has 12 nitrogen and oxygen atoms in total. The summed E-state index contributed by atoms with van der Waals surface area (Å²) in [5.74, 6) is 0.345. The lowest BCUT2D eigenvalue weighted by atomic mass is 9.72. The van der Waals surface area contributed by atoms with Crippen molar-refractivity contribution >= 4 is 46.8 Å². The first-order chi connectivity index (χ1) is 23.4. The number of imidazole rings is 1. The molecule has 0 radical (unpaired) electrons. The first-order valence-corrected chi connectivity index (χ1v) is 17.5. The number of anilines is 1. The van der Waals surface area contributed by atoms with Crippen LogP contribution in [0.1, 0.15) is 72.7 Å². The summed E-state index contributed by atoms with van der Waals surface area (Å²) in [5, 5.41) is 17.4. The quantitative estimate of drug-likeness (QED) is 0.191. The van der Waals surface area contributed by atoms with Gasteiger partial charge in [0.1, 0.15) is 22.0 Å². The van der Waals surface area contributed by atoms with E-state index in [1.807, 2.05) is 45.9 Å². The number of hydrogen-bond acceptors (Lipinski definition) is 10. The number of fused-ring (bicyclic) bond motifs is 2. The van der Waals surface area contributed by atoms with Gasteiger partial charge in [0.2, 0.25) is 0 Å². The average molecular weight is 708 g/mol. The fraction of sp³-hybridized carbons (Fsp3) is 0.457. The van der Waals surface area contributed by atoms with Crippen LogP contribution in [0.2, 0.25) is 5.02 Å². The number of aryl methyl sites for hydroxylation is 1. The highest BCUT2D eigenvalue weighted by atomic mass is 35.5. The second-order valence-electron chi connectivity index (χ2n) is 13.5. The van der Waals surface area contributed by atoms with E-state index in [9.17, 15) is 14.7 Å². The topological polar surface area (TPSA) is 143 Å². The summed E-state index contributed by atoms with van der Waals surface area (Å²) in [4.78, 5) is 42.6. The van der Waals surface area contributed by atoms with E-state index in [0.29, 0.717) is 64.0 Å². The lowest BCUT2D eigenvalue weighted by Crippen LogP contribution is -2.48. The van der Waals surface area contributed by atoms with E-state index in [4.69, 9.17) is 31.0 Å². The summed E-state index contributed by atoms with van der Waals surface area (Å²) in [7, 11) is 1.57. The standard InChI is InChI=1S/C35H42ClN7O5S/c1-21-32(49-26-10-14-43-19-24(39-30(43)27(26)36)31(45)37-13-17-47-5)40-25(20-44)29(38-21)42-15-11-35(12-16-42)18-22-8-6-7-9-23(22)28(35)41-33(46)48-34(2,3)4/h6-10,14,19,28,44H,11-13,15-18,20H2,1-5H3,(H,37,45)(H,41,46)/t28-/m1/s1. The van der Waals surface area contributed by atoms with Gasteiger partial charge in [0.05, 0.1) is 30.0 Å². The molecule has 1 saturated heterocycles. The largest absolute Gasteiger partial charge is 0.444 e. The summed E-state index contributed by atoms with van der Waals surface area (Å²) in [6, 6.07) is 9.99. The Morgan fingerprint density at radius 3 is 2.61 bits per heavy atom. The van der Waals surface area contributed by atoms with Crippen molar-refractivity contribution in [2.45, 2.75) is 75.1 Å². The molecule has 1 aliphatic heterocycles. The number of carbonyl (C=O) groups is 2. The number of piperidine rings is 1. The Bertz CT molecular complexity index is 1870. The zero-order chi connectivity index (χ0) is 34.9. The van der Waals surface area contributed by atoms with Crippen molar-refractivity contribution in [1.29, 1.82) is 0 Å². The van der Waals surface area contributed by atoms with Crippen LogP contribution in [0.4, 0.5) is 10.6 Å². The highest BCUT2D eigenvalue weighted by Crippen LogP contribution is 2.52. The highest BCUT2D eigenvalue weighted by molar-refractivity contribution is 7.99. The van der Waals surface area contributed by atoms with E-state index in [1.54, 1.807) is 23.9 Å². The molecule has 3 aromatic heterocycles. The van der Waals surface area contributed by atoms with Gasteiger partial charge >= 0.3 is 6.09 Å². The maximum absolute atomic E-state index is 13.0. The van der Waals surface area contributed by atoms with Gasteiger partial charge in [-0.1, -0.05) is 47.6 Å². The van der Waals surface area contributed by atoms with Crippen LogP contribution >= 0.6 is 23.4 Å². The van der Waals surface area contributed by atoms with Gasteiger partial charge in [-0.2, -0.15) is 0 Å². The van der Waals surface area contributed by atoms with Crippen molar-refractivity contribution in [3.05, 3.63) is 76.0 Å². The van der Waals surface area contributed by atoms with Gasteiger partial charge in [-0.25, -0.2) is 19.7 Å². The molecule has 3 N–H and O–H groups in total. The molecule has 0 bridgehead atoms. The lowest BCUT2D eigenvalue weighted by Gasteiger charge is -2.44. The first kappa shape index (κ1) is 34.9. The summed E-state index contributed by atoms with van der Waals surface area (Å²) in [6.07, 6.45) is 5.51. The van der Waals surface area contributed by atoms with Gasteiger partial charge in [0, 0.05) is 49.4 Å². The molecule has 0 saturated carbocycles. The molecule has 1 atom stereocenters. The molecule has 1 aromatic carbocycles. The predicted molar refractivity (Wildman–Crippen MR) is 187 cm³/mol. The van der Waals surface area contributed by atoms with E-state index < -0.39 is 11.7 Å². The number of hydrogen-bond donors (Lipinski definition) is 3. The molecule has 2 aliphatic rings. The third kappa shape index (κ3) is 7.35. The van der Waals surface area contributed by atoms with Crippen molar-refractivity contribution in [2.24, 2.45) is 5.41 Å². The third-order valence-electron chi connectivity index (χ3n) is 9.03. The zero-order valence-electron chi connectivity index (χ0n) is 28.4. The average Bonchev–Trinajstić information content (AvgIpc) is 3.63. The summed E-state index contributed by atoms with van der Waals surface area (Å²) in [6.45, 7) is 9.37. The molecule has 1 aliphatic carbocycles. The Kier molecular flexibility index (Phi) is 10.1. The molecular formula is C35H42ClN7O5S. The van der Waals surface area contributed by atoms with Crippen LogP contribution < -0.4 is 15.5 Å². The molecule has 14 heteroatoms. The normalized spacial score (nSPS) is 17.0. The number of nitrogens with one attached hydrogen (secondary N) is 2. The van der Waals surface area contributed by atoms with Crippen LogP contribution in [-0.2, 0) is 22.5 Å². The van der Waals surface area contributed by atoms with Crippen molar-refractivity contribution in [1.82, 2.24) is 30.0 Å². The molecule has 1 spiro atoms. The maximum Gasteiger partial charge on any atom is 0.408 e. The number of ether oxygens (including phenoxy) is 2. The molecule has 4 heterocycles. The fourth-order valence-electron chi connectivity index (χ4n) is 6.70. The molecule has 49 heavy (non-hydrogen) atoms. The van der Waals surface area contributed by atoms with E-state index in [1.165, 1.54) is 17.3 Å². The summed E-state index contributed by atoms with van der Waals surface area (Å²) in [5.41, 5.74) is 3.51. The number of alkyl carbamates (subject to hydrolysis) is 1. The third-order valence-corrected chi connectivity index (χ3v) is 10.7. The van der Waals surface area contributed by atoms with Gasteiger partial charge in [0.15, 0.2) is 11.5 Å². The summed E-state index contributed by atoms with van der Waals surface area (Å²) < 4.78 is 12.4. The van der Waals surface area contributed by atoms with Crippen molar-refractivity contribution < 1.29 is 24.2 Å². The number of nitrogens with zero attached hydrogens (tertiary/aromatic N) is 5. The minimum absolute atomic E-state index is 0.164. The maximum atomic E-state index is 13.0. The minimum Gasteiger partial charge on any atom is -0.444 e. The zero-order valence-corrected chi connectivity index (χ0v) is 30.0. The molecule has 6 rings (SSSR count).